The van der Waals surface area contributed by atoms with Crippen molar-refractivity contribution >= 4 is 0 Å². The minimum atomic E-state index is 0.721. The van der Waals surface area contributed by atoms with Crippen molar-refractivity contribution in [1.82, 2.24) is 25.1 Å². The third kappa shape index (κ3) is 2.50. The first-order chi connectivity index (χ1) is 8.31. The normalized spacial score (nSPS) is 15.1. The molecule has 0 aromatic carbocycles. The van der Waals surface area contributed by atoms with E-state index < -0.39 is 0 Å². The molecule has 1 aliphatic rings. The maximum atomic E-state index is 4.45. The van der Waals surface area contributed by atoms with E-state index in [1.54, 1.807) is 11.0 Å². The van der Waals surface area contributed by atoms with Crippen LogP contribution in [0.25, 0.3) is 5.82 Å². The molecule has 1 aliphatic carbocycles. The van der Waals surface area contributed by atoms with Gasteiger partial charge in [0.15, 0.2) is 5.82 Å². The summed E-state index contributed by atoms with van der Waals surface area (Å²) in [5.41, 5.74) is 2.25. The molecule has 0 amide bonds. The van der Waals surface area contributed by atoms with Crippen molar-refractivity contribution < 1.29 is 0 Å². The van der Waals surface area contributed by atoms with Gasteiger partial charge in [-0.2, -0.15) is 5.10 Å². The standard InChI is InChI=1S/C12H15N5/c1-9-4-10(6-14-11-2-3-11)5-12(16-9)17-8-13-7-15-17/h4-5,7-8,11,14H,2-3,6H2,1H3. The van der Waals surface area contributed by atoms with Gasteiger partial charge in [-0.25, -0.2) is 14.6 Å². The van der Waals surface area contributed by atoms with E-state index in [-0.39, 0.29) is 0 Å². The molecule has 2 heterocycles. The van der Waals surface area contributed by atoms with Crippen LogP contribution in [-0.2, 0) is 6.54 Å². The predicted octanol–water partition coefficient (Wildman–Crippen LogP) is 1.22. The molecule has 0 radical (unpaired) electrons. The first kappa shape index (κ1) is 10.4. The lowest BCUT2D eigenvalue weighted by Gasteiger charge is -2.07. The molecule has 88 valence electrons. The highest BCUT2D eigenvalue weighted by atomic mass is 15.3. The number of nitrogens with one attached hydrogen (secondary N) is 1. The Balaban J connectivity index is 1.83. The van der Waals surface area contributed by atoms with Crippen molar-refractivity contribution in [1.29, 1.82) is 0 Å². The molecular weight excluding hydrogens is 214 g/mol. The van der Waals surface area contributed by atoms with E-state index >= 15 is 0 Å². The Kier molecular flexibility index (Phi) is 2.60. The van der Waals surface area contributed by atoms with Gasteiger partial charge >= 0.3 is 0 Å². The molecule has 5 nitrogen and oxygen atoms in total. The van der Waals surface area contributed by atoms with Crippen LogP contribution in [0.3, 0.4) is 0 Å². The van der Waals surface area contributed by atoms with Crippen molar-refractivity contribution in [2.45, 2.75) is 32.4 Å². The maximum Gasteiger partial charge on any atom is 0.155 e. The molecule has 17 heavy (non-hydrogen) atoms. The Morgan fingerprint density at radius 1 is 1.41 bits per heavy atom. The second-order valence-electron chi connectivity index (χ2n) is 4.47. The minimum absolute atomic E-state index is 0.721. The van der Waals surface area contributed by atoms with Crippen molar-refractivity contribution in [3.05, 3.63) is 36.0 Å². The van der Waals surface area contributed by atoms with Crippen LogP contribution in [0.2, 0.25) is 0 Å². The summed E-state index contributed by atoms with van der Waals surface area (Å²) in [7, 11) is 0. The second-order valence-corrected chi connectivity index (χ2v) is 4.47. The van der Waals surface area contributed by atoms with Gasteiger partial charge in [0.25, 0.3) is 0 Å². The summed E-state index contributed by atoms with van der Waals surface area (Å²) in [4.78, 5) is 8.39. The van der Waals surface area contributed by atoms with Crippen LogP contribution >= 0.6 is 0 Å². The highest BCUT2D eigenvalue weighted by molar-refractivity contribution is 5.29. The quantitative estimate of drug-likeness (QED) is 0.856. The lowest BCUT2D eigenvalue weighted by Crippen LogP contribution is -2.16. The van der Waals surface area contributed by atoms with Gasteiger partial charge in [0, 0.05) is 18.3 Å². The third-order valence-electron chi connectivity index (χ3n) is 2.83. The first-order valence-electron chi connectivity index (χ1n) is 5.87. The molecule has 2 aromatic heterocycles. The van der Waals surface area contributed by atoms with Gasteiger partial charge in [-0.1, -0.05) is 0 Å². The topological polar surface area (TPSA) is 55.6 Å². The van der Waals surface area contributed by atoms with E-state index in [0.29, 0.717) is 0 Å². The van der Waals surface area contributed by atoms with E-state index in [1.807, 2.05) is 6.92 Å². The molecule has 5 heteroatoms. The monoisotopic (exact) mass is 229 g/mol. The fourth-order valence-corrected chi connectivity index (χ4v) is 1.82. The van der Waals surface area contributed by atoms with Crippen LogP contribution in [0.5, 0.6) is 0 Å². The van der Waals surface area contributed by atoms with Crippen LogP contribution in [-0.4, -0.2) is 25.8 Å². The van der Waals surface area contributed by atoms with Crippen molar-refractivity contribution in [3.63, 3.8) is 0 Å². The Labute approximate surface area is 99.9 Å². The summed E-state index contributed by atoms with van der Waals surface area (Å²) < 4.78 is 1.69. The summed E-state index contributed by atoms with van der Waals surface area (Å²) in [6.45, 7) is 2.90. The number of aryl methyl sites for hydroxylation is 1. The molecule has 1 fully saturated rings. The van der Waals surface area contributed by atoms with Crippen molar-refractivity contribution in [2.24, 2.45) is 0 Å². The zero-order chi connectivity index (χ0) is 11.7. The number of nitrogens with zero attached hydrogens (tertiary/aromatic N) is 4. The first-order valence-corrected chi connectivity index (χ1v) is 5.87. The Morgan fingerprint density at radius 3 is 3.00 bits per heavy atom. The fourth-order valence-electron chi connectivity index (χ4n) is 1.82. The Bertz CT molecular complexity index is 502. The molecule has 0 saturated heterocycles. The number of pyridine rings is 1. The van der Waals surface area contributed by atoms with Gasteiger partial charge in [0.2, 0.25) is 0 Å². The zero-order valence-corrected chi connectivity index (χ0v) is 9.80. The SMILES string of the molecule is Cc1cc(CNC2CC2)cc(-n2cncn2)n1. The smallest absolute Gasteiger partial charge is 0.155 e. The van der Waals surface area contributed by atoms with E-state index in [9.17, 15) is 0 Å². The molecule has 0 bridgehead atoms. The Hall–Kier alpha value is -1.75. The third-order valence-corrected chi connectivity index (χ3v) is 2.83. The largest absolute Gasteiger partial charge is 0.310 e. The van der Waals surface area contributed by atoms with Crippen LogP contribution in [0.1, 0.15) is 24.1 Å². The highest BCUT2D eigenvalue weighted by Crippen LogP contribution is 2.19. The van der Waals surface area contributed by atoms with Gasteiger partial charge in [-0.05, 0) is 37.5 Å². The number of hydrogen-bond acceptors (Lipinski definition) is 4. The van der Waals surface area contributed by atoms with Gasteiger partial charge in [-0.15, -0.1) is 0 Å². The van der Waals surface area contributed by atoms with Crippen LogP contribution in [0.4, 0.5) is 0 Å². The summed E-state index contributed by atoms with van der Waals surface area (Å²) in [6, 6.07) is 4.88. The number of rotatable bonds is 4. The molecular formula is C12H15N5. The molecule has 0 spiro atoms. The molecule has 0 unspecified atom stereocenters. The molecule has 2 aromatic rings. The van der Waals surface area contributed by atoms with Crippen molar-refractivity contribution in [3.8, 4) is 5.82 Å². The average Bonchev–Trinajstić information content (AvgIpc) is 2.98. The summed E-state index contributed by atoms with van der Waals surface area (Å²) in [5, 5.41) is 7.60. The highest BCUT2D eigenvalue weighted by Gasteiger charge is 2.20. The summed E-state index contributed by atoms with van der Waals surface area (Å²) in [5.74, 6) is 0.829. The molecule has 1 saturated carbocycles. The predicted molar refractivity (Wildman–Crippen MR) is 63.8 cm³/mol. The van der Waals surface area contributed by atoms with Crippen LogP contribution in [0, 0.1) is 6.92 Å². The van der Waals surface area contributed by atoms with Gasteiger partial charge < -0.3 is 5.32 Å². The zero-order valence-electron chi connectivity index (χ0n) is 9.80. The second kappa shape index (κ2) is 4.25. The Morgan fingerprint density at radius 2 is 2.29 bits per heavy atom. The fraction of sp³-hybridized carbons (Fsp3) is 0.417. The van der Waals surface area contributed by atoms with E-state index in [4.69, 9.17) is 0 Å². The summed E-state index contributed by atoms with van der Waals surface area (Å²) >= 11 is 0. The van der Waals surface area contributed by atoms with Gasteiger partial charge in [0.05, 0.1) is 0 Å². The lowest BCUT2D eigenvalue weighted by molar-refractivity contribution is 0.684. The average molecular weight is 229 g/mol. The van der Waals surface area contributed by atoms with Crippen molar-refractivity contribution in [2.75, 3.05) is 0 Å². The number of aromatic nitrogens is 4. The van der Waals surface area contributed by atoms with Crippen LogP contribution < -0.4 is 5.32 Å². The summed E-state index contributed by atoms with van der Waals surface area (Å²) in [6.07, 6.45) is 5.80. The lowest BCUT2D eigenvalue weighted by atomic mass is 10.2. The molecule has 0 atom stereocenters. The van der Waals surface area contributed by atoms with Gasteiger partial charge in [-0.3, -0.25) is 0 Å². The van der Waals surface area contributed by atoms with Crippen LogP contribution in [0.15, 0.2) is 24.8 Å². The van der Waals surface area contributed by atoms with E-state index in [0.717, 1.165) is 24.1 Å². The maximum absolute atomic E-state index is 4.45. The van der Waals surface area contributed by atoms with E-state index in [2.05, 4.69) is 32.5 Å². The molecule has 0 aliphatic heterocycles. The molecule has 3 rings (SSSR count). The van der Waals surface area contributed by atoms with Gasteiger partial charge in [0.1, 0.15) is 12.7 Å². The number of hydrogen-bond donors (Lipinski definition) is 1. The van der Waals surface area contributed by atoms with E-state index in [1.165, 1.54) is 24.7 Å². The minimum Gasteiger partial charge on any atom is -0.310 e. The molecule has 1 N–H and O–H groups in total.